The van der Waals surface area contributed by atoms with E-state index in [9.17, 15) is 33.9 Å². The Morgan fingerprint density at radius 3 is 2.29 bits per heavy atom. The lowest BCUT2D eigenvalue weighted by atomic mass is 9.95. The number of carboxylic acid groups (broad SMARTS) is 1. The summed E-state index contributed by atoms with van der Waals surface area (Å²) >= 11 is 1.27. The van der Waals surface area contributed by atoms with Crippen LogP contribution in [-0.2, 0) is 24.0 Å². The van der Waals surface area contributed by atoms with Crippen LogP contribution < -0.4 is 10.6 Å². The number of hydrazone groups is 1. The first-order valence-electron chi connectivity index (χ1n) is 13.1. The summed E-state index contributed by atoms with van der Waals surface area (Å²) < 4.78 is -0.779. The van der Waals surface area contributed by atoms with E-state index in [1.807, 2.05) is 6.07 Å². The number of thioether (sulfide) groups is 1. The minimum atomic E-state index is -1.31. The van der Waals surface area contributed by atoms with Crippen LogP contribution in [0.5, 0.6) is 0 Å². The Morgan fingerprint density at radius 1 is 1.00 bits per heavy atom. The summed E-state index contributed by atoms with van der Waals surface area (Å²) in [5, 5.41) is 19.3. The molecular formula is C28H28N6O7S. The molecule has 4 atom stereocenters. The predicted octanol–water partition coefficient (Wildman–Crippen LogP) is 0.774. The monoisotopic (exact) mass is 592 g/mol. The van der Waals surface area contributed by atoms with Crippen molar-refractivity contribution in [2.45, 2.75) is 42.1 Å². The van der Waals surface area contributed by atoms with Crippen molar-refractivity contribution < 1.29 is 33.9 Å². The number of fused-ring (bicyclic) bond motifs is 1. The summed E-state index contributed by atoms with van der Waals surface area (Å²) in [5.41, 5.74) is 1.10. The van der Waals surface area contributed by atoms with Crippen LogP contribution in [0.3, 0.4) is 0 Å². The molecule has 42 heavy (non-hydrogen) atoms. The number of carbonyl (C=O) groups excluding carboxylic acids is 5. The molecular weight excluding hydrogens is 564 g/mol. The van der Waals surface area contributed by atoms with Gasteiger partial charge in [-0.05, 0) is 25.0 Å². The summed E-state index contributed by atoms with van der Waals surface area (Å²) in [6, 6.07) is 12.9. The van der Waals surface area contributed by atoms with E-state index in [0.29, 0.717) is 10.5 Å². The normalized spacial score (nSPS) is 23.8. The summed E-state index contributed by atoms with van der Waals surface area (Å²) in [5.74, 6) is -4.50. The highest BCUT2D eigenvalue weighted by molar-refractivity contribution is 8.01. The van der Waals surface area contributed by atoms with Gasteiger partial charge in [-0.25, -0.2) is 14.6 Å². The number of nitrogens with one attached hydrogen (secondary N) is 2. The van der Waals surface area contributed by atoms with Crippen molar-refractivity contribution in [1.82, 2.24) is 25.4 Å². The zero-order valence-corrected chi connectivity index (χ0v) is 23.5. The number of imide groups is 1. The summed E-state index contributed by atoms with van der Waals surface area (Å²) in [6.45, 7) is 3.24. The molecule has 5 rings (SSSR count). The van der Waals surface area contributed by atoms with Gasteiger partial charge in [-0.2, -0.15) is 5.10 Å². The van der Waals surface area contributed by atoms with Gasteiger partial charge in [0.15, 0.2) is 0 Å². The summed E-state index contributed by atoms with van der Waals surface area (Å²) in [6.07, 6.45) is 1.43. The Labute approximate surface area is 244 Å². The molecule has 0 saturated carbocycles. The van der Waals surface area contributed by atoms with Crippen molar-refractivity contribution in [2.75, 3.05) is 13.1 Å². The van der Waals surface area contributed by atoms with Gasteiger partial charge in [-0.1, -0.05) is 60.7 Å². The first-order chi connectivity index (χ1) is 20.0. The van der Waals surface area contributed by atoms with Gasteiger partial charge in [0, 0.05) is 4.75 Å². The number of rotatable bonds is 7. The molecule has 3 heterocycles. The molecule has 3 aliphatic rings. The van der Waals surface area contributed by atoms with Gasteiger partial charge in [0.25, 0.3) is 0 Å². The molecule has 218 valence electrons. The zero-order valence-electron chi connectivity index (χ0n) is 22.7. The van der Waals surface area contributed by atoms with Crippen LogP contribution in [-0.4, -0.2) is 97.1 Å². The molecule has 13 nitrogen and oxygen atoms in total. The lowest BCUT2D eigenvalue weighted by Gasteiger charge is -2.44. The number of piperazine rings is 1. The van der Waals surface area contributed by atoms with E-state index in [1.54, 1.807) is 68.4 Å². The highest BCUT2D eigenvalue weighted by Crippen LogP contribution is 2.50. The van der Waals surface area contributed by atoms with E-state index in [4.69, 9.17) is 0 Å². The first kappa shape index (κ1) is 28.8. The van der Waals surface area contributed by atoms with Crippen LogP contribution in [0, 0.1) is 0 Å². The van der Waals surface area contributed by atoms with E-state index in [-0.39, 0.29) is 13.1 Å². The van der Waals surface area contributed by atoms with Crippen molar-refractivity contribution in [1.29, 1.82) is 0 Å². The Kier molecular flexibility index (Phi) is 7.73. The molecule has 3 fully saturated rings. The lowest BCUT2D eigenvalue weighted by molar-refractivity contribution is -0.161. The van der Waals surface area contributed by atoms with Crippen LogP contribution in [0.25, 0.3) is 0 Å². The second-order valence-corrected chi connectivity index (χ2v) is 12.2. The molecule has 3 unspecified atom stereocenters. The third-order valence-electron chi connectivity index (χ3n) is 7.22. The van der Waals surface area contributed by atoms with Crippen LogP contribution in [0.4, 0.5) is 4.79 Å². The molecule has 0 spiro atoms. The van der Waals surface area contributed by atoms with Crippen molar-refractivity contribution in [3.8, 4) is 0 Å². The van der Waals surface area contributed by atoms with Crippen LogP contribution >= 0.6 is 11.8 Å². The van der Waals surface area contributed by atoms with E-state index in [0.717, 1.165) is 10.6 Å². The topological polar surface area (TPSA) is 169 Å². The number of aliphatic carboxylic acids is 1. The van der Waals surface area contributed by atoms with Crippen LogP contribution in [0.2, 0.25) is 0 Å². The number of urea groups is 1. The maximum absolute atomic E-state index is 13.5. The van der Waals surface area contributed by atoms with E-state index in [2.05, 4.69) is 15.7 Å². The fraction of sp³-hybridized carbons (Fsp3) is 0.321. The number of carboxylic acids is 1. The molecule has 3 saturated heterocycles. The Morgan fingerprint density at radius 2 is 1.64 bits per heavy atom. The third kappa shape index (κ3) is 5.32. The largest absolute Gasteiger partial charge is 0.480 e. The van der Waals surface area contributed by atoms with Gasteiger partial charge in [-0.15, -0.1) is 11.8 Å². The first-order valence-corrected chi connectivity index (χ1v) is 14.0. The Balaban J connectivity index is 1.28. The van der Waals surface area contributed by atoms with E-state index >= 15 is 0 Å². The van der Waals surface area contributed by atoms with Gasteiger partial charge in [0.1, 0.15) is 23.5 Å². The molecule has 2 aromatic carbocycles. The molecule has 14 heteroatoms. The van der Waals surface area contributed by atoms with Gasteiger partial charge in [-0.3, -0.25) is 24.1 Å². The smallest absolute Gasteiger partial charge is 0.332 e. The molecule has 3 N–H and O–H groups in total. The zero-order chi connectivity index (χ0) is 30.2. The third-order valence-corrected chi connectivity index (χ3v) is 8.80. The standard InChI is InChI=1S/C28H28N6O7S/c1-28(2)20(26(39)40)34-22(36)19(25(34)42-28)30-21(35)18(17-11-7-4-8-12-17)31-27(41)32-13-14-33(24(38)23(32)37)29-15-16-9-5-3-6-10-16/h3-12,15,18-20,25H,13-14H2,1-2H3,(H,30,35)(H,31,41)(H,39,40)/b29-15+/t18?,19-,20?,25?/m0/s1. The van der Waals surface area contributed by atoms with Crippen LogP contribution in [0.15, 0.2) is 65.8 Å². The molecule has 0 bridgehead atoms. The maximum atomic E-state index is 13.5. The van der Waals surface area contributed by atoms with Gasteiger partial charge >= 0.3 is 23.8 Å². The van der Waals surface area contributed by atoms with E-state index in [1.165, 1.54) is 22.9 Å². The molecule has 0 aliphatic carbocycles. The Hall–Kier alpha value is -4.72. The van der Waals surface area contributed by atoms with Gasteiger partial charge < -0.3 is 20.6 Å². The number of β-lactam (4-membered cyclic amide) rings is 1. The fourth-order valence-electron chi connectivity index (χ4n) is 5.13. The average molecular weight is 593 g/mol. The van der Waals surface area contributed by atoms with Crippen molar-refractivity contribution in [3.05, 3.63) is 71.8 Å². The summed E-state index contributed by atoms with van der Waals surface area (Å²) in [7, 11) is 0. The lowest BCUT2D eigenvalue weighted by Crippen LogP contribution is -2.71. The molecule has 3 aliphatic heterocycles. The number of benzene rings is 2. The number of amides is 6. The van der Waals surface area contributed by atoms with Crippen molar-refractivity contribution in [2.24, 2.45) is 5.10 Å². The predicted molar refractivity (Wildman–Crippen MR) is 151 cm³/mol. The van der Waals surface area contributed by atoms with E-state index < -0.39 is 63.9 Å². The summed E-state index contributed by atoms with van der Waals surface area (Å²) in [4.78, 5) is 78.9. The SMILES string of the molecule is CC1(C)SC2[C@@H](NC(=O)C(NC(=O)N3CCN(/N=C/c4ccccc4)C(=O)C3=O)c3ccccc3)C(=O)N2C1C(=O)O. The second-order valence-electron chi connectivity index (χ2n) is 10.4. The number of hydrogen-bond acceptors (Lipinski definition) is 8. The fourth-order valence-corrected chi connectivity index (χ4v) is 6.76. The highest BCUT2D eigenvalue weighted by atomic mass is 32.2. The van der Waals surface area contributed by atoms with Crippen molar-refractivity contribution >= 4 is 53.6 Å². The quantitative estimate of drug-likeness (QED) is 0.241. The Bertz CT molecular complexity index is 1470. The minimum Gasteiger partial charge on any atom is -0.480 e. The van der Waals surface area contributed by atoms with Crippen LogP contribution in [0.1, 0.15) is 31.0 Å². The number of carbonyl (C=O) groups is 6. The maximum Gasteiger partial charge on any atom is 0.332 e. The van der Waals surface area contributed by atoms with Gasteiger partial charge in [0.2, 0.25) is 11.8 Å². The van der Waals surface area contributed by atoms with Crippen molar-refractivity contribution in [3.63, 3.8) is 0 Å². The number of hydrogen-bond donors (Lipinski definition) is 3. The minimum absolute atomic E-state index is 0.0463. The number of nitrogens with zero attached hydrogens (tertiary/aromatic N) is 4. The molecule has 0 aromatic heterocycles. The molecule has 2 aromatic rings. The molecule has 0 radical (unpaired) electrons. The average Bonchev–Trinajstić information content (AvgIpc) is 3.23. The molecule has 6 amide bonds. The highest BCUT2D eigenvalue weighted by Gasteiger charge is 2.64. The second kappa shape index (κ2) is 11.3. The van der Waals surface area contributed by atoms with Gasteiger partial charge in [0.05, 0.1) is 19.3 Å².